The molecule has 0 bridgehead atoms. The predicted molar refractivity (Wildman–Crippen MR) is 175 cm³/mol. The average Bonchev–Trinajstić information content (AvgIpc) is 3.88. The number of hydrogen-bond donors (Lipinski definition) is 4. The zero-order valence-electron chi connectivity index (χ0n) is 24.2. The first-order valence-electron chi connectivity index (χ1n) is 15.5. The third-order valence-corrected chi connectivity index (χ3v) is 9.44. The fourth-order valence-electron chi connectivity index (χ4n) is 7.46. The number of nitrogens with one attached hydrogen (secondary N) is 4. The molecule has 0 saturated heterocycles. The molecule has 9 rings (SSSR count). The van der Waals surface area contributed by atoms with Crippen LogP contribution in [0.1, 0.15) is 57.6 Å². The number of imidazole rings is 2. The predicted octanol–water partition coefficient (Wildman–Crippen LogP) is 5.59. The molecule has 0 amide bonds. The van der Waals surface area contributed by atoms with E-state index in [1.165, 1.54) is 11.1 Å². The quantitative estimate of drug-likeness (QED) is 0.208. The van der Waals surface area contributed by atoms with Crippen molar-refractivity contribution < 1.29 is 0 Å². The molecule has 3 aliphatic rings. The van der Waals surface area contributed by atoms with E-state index in [0.29, 0.717) is 0 Å². The van der Waals surface area contributed by atoms with Crippen LogP contribution in [-0.2, 0) is 0 Å². The second-order valence-corrected chi connectivity index (χ2v) is 11.9. The highest BCUT2D eigenvalue weighted by molar-refractivity contribution is 6.02. The number of aromatic nitrogens is 4. The Labute approximate surface area is 254 Å². The summed E-state index contributed by atoms with van der Waals surface area (Å²) >= 11 is 0. The number of nitrogens with zero attached hydrogens (tertiary/aromatic N) is 4. The van der Waals surface area contributed by atoms with E-state index in [1.54, 1.807) is 0 Å². The lowest BCUT2D eigenvalue weighted by Crippen LogP contribution is -2.41. The minimum absolute atomic E-state index is 0.142. The topological polar surface area (TPSA) is 106 Å². The summed E-state index contributed by atoms with van der Waals surface area (Å²) < 4.78 is 0. The van der Waals surface area contributed by atoms with Crippen LogP contribution in [-0.4, -0.2) is 57.8 Å². The van der Waals surface area contributed by atoms with Crippen molar-refractivity contribution >= 4 is 33.7 Å². The number of benzene rings is 4. The number of hydrogen-bond acceptors (Lipinski definition) is 6. The molecule has 6 aromatic rings. The number of rotatable bonds is 6. The van der Waals surface area contributed by atoms with Crippen molar-refractivity contribution in [2.24, 2.45) is 9.98 Å². The van der Waals surface area contributed by atoms with Gasteiger partial charge in [-0.15, -0.1) is 0 Å². The minimum atomic E-state index is 0.142. The van der Waals surface area contributed by atoms with Gasteiger partial charge >= 0.3 is 0 Å². The van der Waals surface area contributed by atoms with E-state index in [9.17, 15) is 0 Å². The summed E-state index contributed by atoms with van der Waals surface area (Å²) in [6, 6.07) is 34.5. The number of H-pyrrole nitrogens is 2. The van der Waals surface area contributed by atoms with Gasteiger partial charge in [-0.05, 0) is 47.5 Å². The van der Waals surface area contributed by atoms with Crippen LogP contribution >= 0.6 is 0 Å². The van der Waals surface area contributed by atoms with Gasteiger partial charge in [0.2, 0.25) is 0 Å². The Bertz CT molecular complexity index is 1900. The zero-order chi connectivity index (χ0) is 29.0. The van der Waals surface area contributed by atoms with Crippen molar-refractivity contribution in [3.05, 3.63) is 131 Å². The van der Waals surface area contributed by atoms with E-state index in [1.807, 2.05) is 0 Å². The van der Waals surface area contributed by atoms with Crippen molar-refractivity contribution in [1.29, 1.82) is 0 Å². The van der Waals surface area contributed by atoms with Gasteiger partial charge in [-0.2, -0.15) is 0 Å². The van der Waals surface area contributed by atoms with Crippen LogP contribution in [0.4, 0.5) is 0 Å². The highest BCUT2D eigenvalue weighted by Crippen LogP contribution is 2.65. The molecule has 4 heterocycles. The summed E-state index contributed by atoms with van der Waals surface area (Å²) in [4.78, 5) is 27.2. The molecule has 4 aromatic carbocycles. The van der Waals surface area contributed by atoms with Gasteiger partial charge in [0.25, 0.3) is 0 Å². The van der Waals surface area contributed by atoms with Crippen LogP contribution in [0, 0.1) is 0 Å². The molecule has 216 valence electrons. The number of fused-ring (bicyclic) bond motifs is 2. The molecule has 0 spiro atoms. The fraction of sp³-hybridized carbons (Fsp3) is 0.222. The standard InChI is InChI=1S/C36H32N8/c1-3-7-21(8-4-1)29-31(35-41-25-13-11-23(19-27(25)43-35)33-37-15-16-38-33)30(22-9-5-2-6-10-22)32(29)36-42-26-14-12-24(20-28(26)44-36)34-39-17-18-40-34/h1-14,19-20,29-32H,15-18H2,(H,37,38)(H,39,40)(H,41,43)(H,42,44). The Hall–Kier alpha value is -5.24. The maximum absolute atomic E-state index is 5.21. The summed E-state index contributed by atoms with van der Waals surface area (Å²) in [6.45, 7) is 3.41. The normalized spacial score (nSPS) is 22.8. The Morgan fingerprint density at radius 2 is 0.955 bits per heavy atom. The van der Waals surface area contributed by atoms with Gasteiger partial charge in [0, 0.05) is 47.9 Å². The Morgan fingerprint density at radius 1 is 0.500 bits per heavy atom. The first kappa shape index (κ1) is 25.3. The van der Waals surface area contributed by atoms with E-state index in [2.05, 4.69) is 128 Å². The number of aromatic amines is 2. The molecule has 2 aromatic heterocycles. The van der Waals surface area contributed by atoms with Crippen LogP contribution in [0.25, 0.3) is 22.1 Å². The first-order valence-corrected chi connectivity index (χ1v) is 15.5. The van der Waals surface area contributed by atoms with E-state index < -0.39 is 0 Å². The smallest absolute Gasteiger partial charge is 0.128 e. The maximum Gasteiger partial charge on any atom is 0.128 e. The second kappa shape index (κ2) is 10.2. The second-order valence-electron chi connectivity index (χ2n) is 11.9. The lowest BCUT2D eigenvalue weighted by atomic mass is 9.52. The van der Waals surface area contributed by atoms with Crippen LogP contribution in [0.5, 0.6) is 0 Å². The van der Waals surface area contributed by atoms with Crippen LogP contribution in [0.15, 0.2) is 107 Å². The average molecular weight is 577 g/mol. The summed E-state index contributed by atoms with van der Waals surface area (Å²) in [5.41, 5.74) is 8.81. The minimum Gasteiger partial charge on any atom is -0.368 e. The highest BCUT2D eigenvalue weighted by atomic mass is 15.1. The van der Waals surface area contributed by atoms with Crippen LogP contribution in [0.3, 0.4) is 0 Å². The summed E-state index contributed by atoms with van der Waals surface area (Å²) in [7, 11) is 0. The van der Waals surface area contributed by atoms with E-state index in [0.717, 1.165) is 82.7 Å². The molecule has 4 N–H and O–H groups in total. The lowest BCUT2D eigenvalue weighted by Gasteiger charge is -2.51. The van der Waals surface area contributed by atoms with Crippen molar-refractivity contribution in [2.45, 2.75) is 23.7 Å². The van der Waals surface area contributed by atoms with Gasteiger partial charge < -0.3 is 20.6 Å². The van der Waals surface area contributed by atoms with Gasteiger partial charge in [-0.1, -0.05) is 60.7 Å². The molecular formula is C36H32N8. The Kier molecular flexibility index (Phi) is 5.85. The number of aliphatic imine (C=N–C) groups is 2. The third kappa shape index (κ3) is 4.12. The van der Waals surface area contributed by atoms with Crippen LogP contribution in [0.2, 0.25) is 0 Å². The summed E-state index contributed by atoms with van der Waals surface area (Å²) in [5.74, 6) is 4.60. The number of amidine groups is 2. The molecule has 0 radical (unpaired) electrons. The molecule has 8 heteroatoms. The third-order valence-electron chi connectivity index (χ3n) is 9.44. The van der Waals surface area contributed by atoms with E-state index in [4.69, 9.17) is 9.97 Å². The van der Waals surface area contributed by atoms with Crippen LogP contribution < -0.4 is 10.6 Å². The Balaban J connectivity index is 1.17. The van der Waals surface area contributed by atoms with Gasteiger partial charge in [0.1, 0.15) is 23.3 Å². The largest absolute Gasteiger partial charge is 0.368 e. The molecule has 2 aliphatic heterocycles. The maximum atomic E-state index is 5.21. The van der Waals surface area contributed by atoms with Crippen molar-refractivity contribution in [1.82, 2.24) is 30.6 Å². The molecule has 8 nitrogen and oxygen atoms in total. The highest BCUT2D eigenvalue weighted by Gasteiger charge is 2.55. The zero-order valence-corrected chi connectivity index (χ0v) is 24.2. The SMILES string of the molecule is c1ccc(C2C(c3nc4ccc(C5=NCCN5)cc4[nH]3)C(c3ccccc3)C2c2nc3ccc(C4=NCCN4)cc3[nH]2)cc1. The molecule has 1 aliphatic carbocycles. The molecule has 1 saturated carbocycles. The fourth-order valence-corrected chi connectivity index (χ4v) is 7.46. The lowest BCUT2D eigenvalue weighted by molar-refractivity contribution is 0.213. The molecule has 0 atom stereocenters. The van der Waals surface area contributed by atoms with Crippen molar-refractivity contribution in [3.8, 4) is 0 Å². The molecule has 0 unspecified atom stereocenters. The monoisotopic (exact) mass is 576 g/mol. The van der Waals surface area contributed by atoms with Crippen molar-refractivity contribution in [3.63, 3.8) is 0 Å². The van der Waals surface area contributed by atoms with Gasteiger partial charge in [-0.25, -0.2) is 9.97 Å². The van der Waals surface area contributed by atoms with Gasteiger partial charge in [-0.3, -0.25) is 9.98 Å². The Morgan fingerprint density at radius 3 is 1.36 bits per heavy atom. The van der Waals surface area contributed by atoms with E-state index >= 15 is 0 Å². The summed E-state index contributed by atoms with van der Waals surface area (Å²) in [5, 5.41) is 6.79. The van der Waals surface area contributed by atoms with E-state index in [-0.39, 0.29) is 23.7 Å². The molecule has 44 heavy (non-hydrogen) atoms. The first-order chi connectivity index (χ1) is 21.8. The van der Waals surface area contributed by atoms with Crippen molar-refractivity contribution in [2.75, 3.05) is 26.2 Å². The summed E-state index contributed by atoms with van der Waals surface area (Å²) in [6.07, 6.45) is 0. The van der Waals surface area contributed by atoms with Gasteiger partial charge in [0.15, 0.2) is 0 Å². The molecule has 1 fully saturated rings. The molecular weight excluding hydrogens is 544 g/mol. The van der Waals surface area contributed by atoms with Gasteiger partial charge in [0.05, 0.1) is 35.2 Å².